The molecule has 0 aromatic carbocycles. The van der Waals surface area contributed by atoms with Crippen LogP contribution in [-0.4, -0.2) is 108 Å². The van der Waals surface area contributed by atoms with Gasteiger partial charge in [0.2, 0.25) is 5.91 Å². The van der Waals surface area contributed by atoms with Gasteiger partial charge in [0.05, 0.1) is 24.9 Å². The van der Waals surface area contributed by atoms with Crippen LogP contribution in [0.3, 0.4) is 0 Å². The van der Waals surface area contributed by atoms with Crippen LogP contribution in [0.25, 0.3) is 0 Å². The van der Waals surface area contributed by atoms with E-state index in [9.17, 15) is 9.59 Å². The molecule has 0 aromatic rings. The van der Waals surface area contributed by atoms with Crippen molar-refractivity contribution < 1.29 is 23.8 Å². The van der Waals surface area contributed by atoms with Crippen LogP contribution < -0.4 is 28.3 Å². The van der Waals surface area contributed by atoms with Crippen molar-refractivity contribution in [3.05, 3.63) is 12.2 Å². The Labute approximate surface area is 373 Å². The summed E-state index contributed by atoms with van der Waals surface area (Å²) in [5.41, 5.74) is 20.4. The predicted octanol–water partition coefficient (Wildman–Crippen LogP) is 6.48. The van der Waals surface area contributed by atoms with E-state index in [4.69, 9.17) is 42.1 Å². The van der Waals surface area contributed by atoms with Gasteiger partial charge in [0.25, 0.3) is 0 Å². The number of hydrogen-bond acceptors (Lipinski definition) is 10. The fourth-order valence-electron chi connectivity index (χ4n) is 10.5. The molecule has 5 aliphatic heterocycles. The van der Waals surface area contributed by atoms with Gasteiger partial charge in [-0.25, -0.2) is 4.99 Å². The van der Waals surface area contributed by atoms with Crippen LogP contribution in [0.2, 0.25) is 0 Å². The lowest BCUT2D eigenvalue weighted by Crippen LogP contribution is -2.71. The molecular formula is C47H84N10O5. The summed E-state index contributed by atoms with van der Waals surface area (Å²) in [7, 11) is 0. The van der Waals surface area contributed by atoms with E-state index in [0.29, 0.717) is 45.2 Å². The normalized spacial score (nSPS) is 27.5. The Morgan fingerprint density at radius 2 is 1.48 bits per heavy atom. The number of nitrogens with one attached hydrogen (secondary N) is 1. The van der Waals surface area contributed by atoms with Gasteiger partial charge in [-0.1, -0.05) is 89.7 Å². The molecular weight excluding hydrogens is 785 g/mol. The number of rotatable bonds is 27. The van der Waals surface area contributed by atoms with Crippen molar-refractivity contribution in [2.24, 2.45) is 43.8 Å². The molecule has 0 unspecified atom stereocenters. The average molecular weight is 869 g/mol. The van der Waals surface area contributed by atoms with Crippen LogP contribution in [0.4, 0.5) is 0 Å². The number of hydrogen-bond donors (Lipinski definition) is 5. The van der Waals surface area contributed by atoms with Crippen LogP contribution in [0.1, 0.15) is 181 Å². The van der Waals surface area contributed by atoms with Crippen molar-refractivity contribution in [3.63, 3.8) is 0 Å². The molecule has 5 heterocycles. The molecule has 0 aliphatic carbocycles. The molecule has 3 fully saturated rings. The topological polar surface area (TPSA) is 222 Å². The Balaban J connectivity index is 0.921. The highest BCUT2D eigenvalue weighted by molar-refractivity contribution is 5.87. The summed E-state index contributed by atoms with van der Waals surface area (Å²) in [6.07, 6.45) is 31.1. The first-order valence-electron chi connectivity index (χ1n) is 24.8. The molecule has 3 saturated heterocycles. The first-order valence-corrected chi connectivity index (χ1v) is 24.8. The summed E-state index contributed by atoms with van der Waals surface area (Å²) in [4.78, 5) is 44.9. The Kier molecular flexibility index (Phi) is 20.4. The predicted molar refractivity (Wildman–Crippen MR) is 248 cm³/mol. The van der Waals surface area contributed by atoms with E-state index in [0.717, 1.165) is 109 Å². The standard InChI is InChI=1S/C47H84N10O5/c1-3-38-24-16-17-28-46(62-38)35-37-26-27-39-41(47(29-21-23-36(2)61-47)55-45(54-46)57(37)39)42(59)60-34-20-14-12-10-8-6-4-5-7-9-11-13-15-25-40(58)56(33-22-31-53-44(50)51)32-19-18-30-52-43(48)49/h16,24,36-39,41H,3-15,17-23,25-35H2,1-2H3,(H,54,55)(H4,48,49,52)(H4,50,51,53)/t36-,37+,38+,39-,41-,46+,47-/m0/s1. The quantitative estimate of drug-likeness (QED) is 0.0198. The smallest absolute Gasteiger partial charge is 0.316 e. The minimum absolute atomic E-state index is 0.0265. The maximum atomic E-state index is 14.1. The molecule has 2 spiro atoms. The van der Waals surface area contributed by atoms with Crippen molar-refractivity contribution in [3.8, 4) is 0 Å². The molecule has 352 valence electrons. The van der Waals surface area contributed by atoms with Gasteiger partial charge in [0.15, 0.2) is 23.6 Å². The number of allylic oxidation sites excluding steroid dienone is 1. The highest BCUT2D eigenvalue weighted by Crippen LogP contribution is 2.50. The van der Waals surface area contributed by atoms with Crippen molar-refractivity contribution in [1.82, 2.24) is 15.1 Å². The fourth-order valence-corrected chi connectivity index (χ4v) is 10.5. The molecule has 5 rings (SSSR count). The van der Waals surface area contributed by atoms with E-state index in [1.807, 2.05) is 4.90 Å². The van der Waals surface area contributed by atoms with E-state index in [2.05, 4.69) is 46.2 Å². The molecule has 1 amide bonds. The number of nitrogens with two attached hydrogens (primary N) is 4. The Morgan fingerprint density at radius 3 is 2.15 bits per heavy atom. The van der Waals surface area contributed by atoms with Gasteiger partial charge in [0, 0.05) is 45.1 Å². The first-order chi connectivity index (χ1) is 30.0. The number of carbonyl (C=O) groups is 2. The zero-order valence-corrected chi connectivity index (χ0v) is 38.5. The molecule has 15 nitrogen and oxygen atoms in total. The minimum Gasteiger partial charge on any atom is -0.465 e. The van der Waals surface area contributed by atoms with Gasteiger partial charge in [0.1, 0.15) is 11.6 Å². The lowest BCUT2D eigenvalue weighted by molar-refractivity contribution is -0.194. The number of amides is 1. The molecule has 0 bridgehead atoms. The van der Waals surface area contributed by atoms with Crippen LogP contribution in [0, 0.1) is 5.92 Å². The summed E-state index contributed by atoms with van der Waals surface area (Å²) in [5.74, 6) is 0.691. The lowest BCUT2D eigenvalue weighted by Gasteiger charge is -2.55. The maximum Gasteiger partial charge on any atom is 0.316 e. The van der Waals surface area contributed by atoms with E-state index in [1.54, 1.807) is 0 Å². The van der Waals surface area contributed by atoms with Gasteiger partial charge in [-0.05, 0) is 90.4 Å². The number of aliphatic imine (C=N–C) groups is 3. The van der Waals surface area contributed by atoms with Crippen LogP contribution in [0.5, 0.6) is 0 Å². The highest BCUT2D eigenvalue weighted by atomic mass is 16.6. The second-order valence-corrected chi connectivity index (χ2v) is 18.7. The number of ether oxygens (including phenoxy) is 3. The summed E-state index contributed by atoms with van der Waals surface area (Å²) >= 11 is 0. The number of unbranched alkanes of at least 4 members (excludes halogenated alkanes) is 13. The number of guanidine groups is 3. The van der Waals surface area contributed by atoms with Crippen LogP contribution in [-0.2, 0) is 23.8 Å². The van der Waals surface area contributed by atoms with Crippen molar-refractivity contribution in [2.75, 3.05) is 32.8 Å². The third kappa shape index (κ3) is 15.0. The highest BCUT2D eigenvalue weighted by Gasteiger charge is 2.62. The summed E-state index contributed by atoms with van der Waals surface area (Å²) < 4.78 is 19.6. The minimum atomic E-state index is -0.891. The van der Waals surface area contributed by atoms with E-state index in [1.165, 1.54) is 57.8 Å². The first kappa shape index (κ1) is 49.4. The number of nitrogens with zero attached hydrogens (tertiary/aromatic N) is 5. The lowest BCUT2D eigenvalue weighted by atomic mass is 9.80. The van der Waals surface area contributed by atoms with Gasteiger partial charge < -0.3 is 52.3 Å². The summed E-state index contributed by atoms with van der Waals surface area (Å²) in [6.45, 7) is 7.18. The third-order valence-corrected chi connectivity index (χ3v) is 13.7. The molecule has 62 heavy (non-hydrogen) atoms. The molecule has 7 atom stereocenters. The van der Waals surface area contributed by atoms with Crippen LogP contribution >= 0.6 is 0 Å². The zero-order valence-electron chi connectivity index (χ0n) is 38.5. The Morgan fingerprint density at radius 1 is 0.839 bits per heavy atom. The van der Waals surface area contributed by atoms with Crippen molar-refractivity contribution >= 4 is 29.8 Å². The second kappa shape index (κ2) is 25.6. The van der Waals surface area contributed by atoms with Gasteiger partial charge >= 0.3 is 5.97 Å². The molecule has 5 aliphatic rings. The third-order valence-electron chi connectivity index (χ3n) is 13.7. The van der Waals surface area contributed by atoms with Crippen molar-refractivity contribution in [2.45, 2.75) is 217 Å². The van der Waals surface area contributed by atoms with Gasteiger partial charge in [-0.2, -0.15) is 0 Å². The number of esters is 1. The molecule has 15 heteroatoms. The van der Waals surface area contributed by atoms with E-state index < -0.39 is 17.4 Å². The summed E-state index contributed by atoms with van der Waals surface area (Å²) in [6, 6.07) is 0.320. The fraction of sp³-hybridized carbons (Fsp3) is 0.851. The Bertz CT molecular complexity index is 1500. The number of carbonyl (C=O) groups excluding carboxylic acids is 2. The molecule has 0 saturated carbocycles. The Hall–Kier alpha value is -3.59. The van der Waals surface area contributed by atoms with Gasteiger partial charge in [-0.15, -0.1) is 0 Å². The zero-order chi connectivity index (χ0) is 44.2. The van der Waals surface area contributed by atoms with Crippen molar-refractivity contribution in [1.29, 1.82) is 0 Å². The monoisotopic (exact) mass is 869 g/mol. The molecule has 9 N–H and O–H groups in total. The maximum absolute atomic E-state index is 14.1. The molecule has 0 radical (unpaired) electrons. The SMILES string of the molecule is CC[C@@H]1C=CCC[C@]2(C[C@H]3CC[C@H]4[C@@H](C(=O)OCCCCCCCCCCCCCCCC(=O)N(CCCCN=C(N)N)CCCN=C(N)N)[C@@]5(CCC[C@H](C)O5)N=C(N2)N34)O1. The molecule has 0 aromatic heterocycles. The van der Waals surface area contributed by atoms with E-state index >= 15 is 0 Å². The largest absolute Gasteiger partial charge is 0.465 e. The van der Waals surface area contributed by atoms with Crippen LogP contribution in [0.15, 0.2) is 27.1 Å². The second-order valence-electron chi connectivity index (χ2n) is 18.7. The summed E-state index contributed by atoms with van der Waals surface area (Å²) in [5, 5.41) is 3.80. The van der Waals surface area contributed by atoms with E-state index in [-0.39, 0.29) is 42.0 Å². The van der Waals surface area contributed by atoms with Gasteiger partial charge in [-0.3, -0.25) is 19.6 Å². The average Bonchev–Trinajstić information content (AvgIpc) is 3.54.